The quantitative estimate of drug-likeness (QED) is 0.0475. The van der Waals surface area contributed by atoms with Crippen molar-refractivity contribution in [1.82, 2.24) is 66.4 Å². The maximum atomic E-state index is 15.4. The highest BCUT2D eigenvalue weighted by atomic mass is 32.1. The number of pyridine rings is 1. The number of nitrogens with two attached hydrogens (primary N) is 1. The molecule has 12 bridgehead atoms. The summed E-state index contributed by atoms with van der Waals surface area (Å²) in [6, 6.07) is 1.16. The van der Waals surface area contributed by atoms with E-state index in [-0.39, 0.29) is 106 Å². The van der Waals surface area contributed by atoms with Gasteiger partial charge in [0.05, 0.1) is 56.0 Å². The van der Waals surface area contributed by atoms with E-state index in [0.717, 1.165) is 56.7 Å². The molecule has 6 amide bonds. The molecule has 1 aromatic carbocycles. The Morgan fingerprint density at radius 3 is 2.27 bits per heavy atom. The number of likely N-dealkylation sites (N-methyl/N-ethyl adjacent to an activating group) is 1. The van der Waals surface area contributed by atoms with Crippen molar-refractivity contribution in [2.24, 2.45) is 5.73 Å². The van der Waals surface area contributed by atoms with Crippen LogP contribution in [-0.2, 0) is 60.8 Å². The summed E-state index contributed by atoms with van der Waals surface area (Å²) in [6.07, 6.45) is -11.1. The predicted octanol–water partition coefficient (Wildman–Crippen LogP) is 3.02. The van der Waals surface area contributed by atoms with Crippen molar-refractivity contribution in [2.75, 3.05) is 27.4 Å². The number of ether oxygens (including phenoxy) is 7. The molecule has 13 atom stereocenters. The molecule has 104 heavy (non-hydrogen) atoms. The number of aromatic nitrogens is 7. The lowest BCUT2D eigenvalue weighted by molar-refractivity contribution is -0.269. The van der Waals surface area contributed by atoms with Gasteiger partial charge in [-0.25, -0.2) is 39.5 Å². The number of benzene rings is 1. The van der Waals surface area contributed by atoms with Gasteiger partial charge in [-0.3, -0.25) is 33.7 Å². The van der Waals surface area contributed by atoms with Crippen molar-refractivity contribution >= 4 is 121 Å². The van der Waals surface area contributed by atoms with Crippen LogP contribution in [0.2, 0.25) is 0 Å². The lowest BCUT2D eigenvalue weighted by atomic mass is 9.86. The first-order valence-electron chi connectivity index (χ1n) is 31.9. The van der Waals surface area contributed by atoms with Crippen LogP contribution in [0.5, 0.6) is 5.75 Å². The molecular weight excluding hydrogens is 1460 g/mol. The molecular formula is C65H66N14O20S5. The minimum Gasteiger partial charge on any atom is -0.506 e. The molecule has 5 aliphatic heterocycles. The largest absolute Gasteiger partial charge is 0.506 e. The Morgan fingerprint density at radius 2 is 1.53 bits per heavy atom. The molecule has 39 heteroatoms. The average molecular weight is 1520 g/mol. The summed E-state index contributed by atoms with van der Waals surface area (Å²) in [5, 5.41) is 74.6. The Hall–Kier alpha value is -9.46. The number of aliphatic hydroxyl groups excluding tert-OH is 4. The fourth-order valence-electron chi connectivity index (χ4n) is 12.8. The van der Waals surface area contributed by atoms with Gasteiger partial charge in [0.25, 0.3) is 29.5 Å². The molecule has 7 aromatic heterocycles. The number of nitrogens with one attached hydrogen (secondary N) is 6. The number of carbonyl (C=O) groups excluding carboxylic acids is 8. The molecule has 0 spiro atoms. The number of H-pyrrole nitrogens is 1. The number of amides is 6. The van der Waals surface area contributed by atoms with Gasteiger partial charge < -0.3 is 96.0 Å². The summed E-state index contributed by atoms with van der Waals surface area (Å²) in [7, 11) is 3.06. The molecule has 13 unspecified atom stereocenters. The minimum atomic E-state index is -1.90. The van der Waals surface area contributed by atoms with Gasteiger partial charge in [0.2, 0.25) is 5.91 Å². The second kappa shape index (κ2) is 29.6. The Labute approximate surface area is 608 Å². The molecule has 0 saturated carbocycles. The number of aromatic amines is 1. The molecule has 34 nitrogen and oxygen atoms in total. The standard InChI is InChI=1S/C65H66N14O20S5/c1-23(52(66)85)67-53(86)33-20-103-61(73-33)47-38(83)11-28-45(75-47)32-18-101-59(70-32)31-17-96-63(91)46-29-16-94-49(50(64(92)95-15-27-9-8-10-30(68-46)42(27)29)98-41-13-65(5)51(26(4)97-41)79(6)40(99-65)12-37(82)39(84)14-80)48(62-74-34(21-104-62)54(87)69-31)78-56(89)36-22-102-60(72-36)44(25(3)93-7)77-57(90)43(24(2)81)76-55(88)35-19-100-58(28)71-35/h8-11,18-22,24,26,31,37,39-41,43,48-51,68,80-84H,1,12-17H2,2-7H3,(H2,66,85)(H,67,86)(H,69,87)(H,76,88)(H,77,90)(H,78,89)/b44-25+. The molecule has 2 saturated heterocycles. The van der Waals surface area contributed by atoms with Crippen LogP contribution in [0.25, 0.3) is 49.3 Å². The number of hydrogen-bond donors (Lipinski definition) is 12. The second-order valence-corrected chi connectivity index (χ2v) is 29.3. The molecule has 546 valence electrons. The maximum Gasteiger partial charge on any atom is 0.355 e. The number of methoxy groups -OCH3 is 1. The Kier molecular flexibility index (Phi) is 20.7. The lowest BCUT2D eigenvalue weighted by Gasteiger charge is -2.45. The SMILES string of the molecule is C=C(NC(=O)c1csc(-c2nc3c(cc2O)-c2nc(cs2)C(=O)NC(C(C)O)C(=O)N/C(=C(\C)OC)c2nc(cs2)C(=O)NC2c4nc(cs4)C(=O)NC(COC(=O)c4[nH]c5cccc6c5c4COC2C(OC2CC4(C)OC(CC(O)C(O)CO)N(C)C4C(C)O2)C(=O)OC6)c2nc-3cs2)n1)C(N)=O. The highest BCUT2D eigenvalue weighted by molar-refractivity contribution is 7.14. The van der Waals surface area contributed by atoms with Crippen LogP contribution in [0.15, 0.2) is 69.2 Å². The number of thiazole rings is 5. The average Bonchev–Trinajstić information content (AvgIpc) is 1.55. The van der Waals surface area contributed by atoms with E-state index in [0.29, 0.717) is 16.5 Å². The summed E-state index contributed by atoms with van der Waals surface area (Å²) < 4.78 is 45.0. The van der Waals surface area contributed by atoms with Crippen molar-refractivity contribution < 1.29 is 97.0 Å². The highest BCUT2D eigenvalue weighted by Gasteiger charge is 2.57. The maximum absolute atomic E-state index is 15.4. The number of esters is 2. The molecule has 13 N–H and O–H groups in total. The number of aromatic hydroxyl groups is 1. The lowest BCUT2D eigenvalue weighted by Crippen LogP contribution is -2.59. The first kappa shape index (κ1) is 72.9. The fourth-order valence-corrected chi connectivity index (χ4v) is 17.0. The first-order valence-corrected chi connectivity index (χ1v) is 36.3. The predicted molar refractivity (Wildman–Crippen MR) is 370 cm³/mol. The van der Waals surface area contributed by atoms with Crippen molar-refractivity contribution in [3.63, 3.8) is 0 Å². The Balaban J connectivity index is 0.958. The van der Waals surface area contributed by atoms with Gasteiger partial charge in [0.1, 0.15) is 138 Å². The van der Waals surface area contributed by atoms with E-state index < -0.39 is 164 Å². The van der Waals surface area contributed by atoms with E-state index in [1.807, 2.05) is 4.90 Å². The number of rotatable bonds is 12. The number of fused-ring (bicyclic) bond motifs is 16. The molecule has 13 rings (SSSR count). The second-order valence-electron chi connectivity index (χ2n) is 25.0. The molecule has 12 heterocycles. The summed E-state index contributed by atoms with van der Waals surface area (Å²) in [6.45, 7) is 7.51. The monoisotopic (exact) mass is 1520 g/mol. The van der Waals surface area contributed by atoms with Crippen LogP contribution in [0, 0.1) is 0 Å². The topological polar surface area (TPSA) is 485 Å². The molecule has 5 aliphatic rings. The number of aliphatic hydroxyl groups is 4. The Bertz CT molecular complexity index is 4790. The van der Waals surface area contributed by atoms with E-state index in [2.05, 4.69) is 53.1 Å². The van der Waals surface area contributed by atoms with E-state index in [4.69, 9.17) is 53.8 Å². The van der Waals surface area contributed by atoms with Crippen molar-refractivity contribution in [2.45, 2.75) is 133 Å². The van der Waals surface area contributed by atoms with E-state index in [1.54, 1.807) is 44.5 Å². The summed E-state index contributed by atoms with van der Waals surface area (Å²) in [5.74, 6) is -7.99. The van der Waals surface area contributed by atoms with Crippen LogP contribution in [-0.4, -0.2) is 207 Å². The minimum absolute atomic E-state index is 0.00409. The molecule has 0 radical (unpaired) electrons. The van der Waals surface area contributed by atoms with Crippen molar-refractivity contribution in [3.05, 3.63) is 124 Å². The summed E-state index contributed by atoms with van der Waals surface area (Å²) in [5.41, 5.74) is 3.46. The van der Waals surface area contributed by atoms with Gasteiger partial charge in [0, 0.05) is 61.8 Å². The number of cyclic esters (lactones) is 2. The first-order chi connectivity index (χ1) is 49.7. The number of hydrogen-bond acceptors (Lipinski definition) is 32. The van der Waals surface area contributed by atoms with Gasteiger partial charge in [-0.2, -0.15) is 0 Å². The zero-order chi connectivity index (χ0) is 73.9. The zero-order valence-electron chi connectivity index (χ0n) is 55.7. The van der Waals surface area contributed by atoms with Crippen LogP contribution in [0.1, 0.15) is 131 Å². The van der Waals surface area contributed by atoms with Gasteiger partial charge in [-0.15, -0.1) is 56.7 Å². The number of primary amides is 1. The van der Waals surface area contributed by atoms with E-state index >= 15 is 19.2 Å². The van der Waals surface area contributed by atoms with E-state index in [9.17, 15) is 44.7 Å². The van der Waals surface area contributed by atoms with Crippen molar-refractivity contribution in [1.29, 1.82) is 0 Å². The van der Waals surface area contributed by atoms with E-state index in [1.165, 1.54) is 48.5 Å². The number of nitrogens with zero attached hydrogens (tertiary/aromatic N) is 7. The van der Waals surface area contributed by atoms with Gasteiger partial charge in [-0.05, 0) is 52.4 Å². The van der Waals surface area contributed by atoms with Crippen molar-refractivity contribution in [3.8, 4) is 38.4 Å². The van der Waals surface area contributed by atoms with Gasteiger partial charge in [0.15, 0.2) is 12.4 Å². The molecule has 2 fully saturated rings. The molecule has 0 aliphatic carbocycles. The van der Waals surface area contributed by atoms with Crippen LogP contribution >= 0.6 is 56.7 Å². The third-order valence-electron chi connectivity index (χ3n) is 18.0. The summed E-state index contributed by atoms with van der Waals surface area (Å²) in [4.78, 5) is 148. The van der Waals surface area contributed by atoms with Crippen LogP contribution in [0.3, 0.4) is 0 Å². The Morgan fingerprint density at radius 1 is 0.846 bits per heavy atom. The number of allylic oxidation sites excluding steroid dienone is 1. The van der Waals surface area contributed by atoms with Crippen LogP contribution in [0.4, 0.5) is 0 Å². The van der Waals surface area contributed by atoms with Gasteiger partial charge in [-0.1, -0.05) is 18.7 Å². The highest BCUT2D eigenvalue weighted by Crippen LogP contribution is 2.46. The number of carbonyl (C=O) groups is 8. The fraction of sp³-hybridized carbons (Fsp3) is 0.385. The summed E-state index contributed by atoms with van der Waals surface area (Å²) >= 11 is 4.53. The van der Waals surface area contributed by atoms with Crippen LogP contribution < -0.4 is 32.3 Å². The van der Waals surface area contributed by atoms with Gasteiger partial charge >= 0.3 is 11.9 Å². The zero-order valence-corrected chi connectivity index (χ0v) is 59.8. The normalized spacial score (nSPS) is 25.3. The smallest absolute Gasteiger partial charge is 0.355 e. The third-order valence-corrected chi connectivity index (χ3v) is 22.5. The third kappa shape index (κ3) is 14.3. The molecule has 8 aromatic rings.